The Hall–Kier alpha value is 0.0569. The second-order valence-corrected chi connectivity index (χ2v) is 16.8. The zero-order valence-corrected chi connectivity index (χ0v) is 32.5. The van der Waals surface area contributed by atoms with Crippen molar-refractivity contribution in [3.63, 3.8) is 0 Å². The Morgan fingerprint density at radius 2 is 0.511 bits per heavy atom. The van der Waals surface area contributed by atoms with Crippen molar-refractivity contribution in [1.82, 2.24) is 0 Å². The normalized spacial score (nSPS) is 12.0. The molecule has 0 heterocycles. The molecule has 0 aromatic carbocycles. The molecule has 0 unspecified atom stereocenters. The highest BCUT2D eigenvalue weighted by molar-refractivity contribution is 6.60. The van der Waals surface area contributed by atoms with Crippen LogP contribution in [0.5, 0.6) is 0 Å². The van der Waals surface area contributed by atoms with Gasteiger partial charge in [-0.3, -0.25) is 0 Å². The lowest BCUT2D eigenvalue weighted by molar-refractivity contribution is 0.0558. The van der Waals surface area contributed by atoms with Gasteiger partial charge in [-0.1, -0.05) is 207 Å². The maximum Gasteiger partial charge on any atom is 0.502 e. The molecule has 0 radical (unpaired) electrons. The second-order valence-electron chi connectivity index (χ2n) is 14.0. The molecule has 5 heteroatoms. The fourth-order valence-electron chi connectivity index (χ4n) is 6.32. The Balaban J connectivity index is 4.33. The first-order valence-electron chi connectivity index (χ1n) is 20.9. The lowest BCUT2D eigenvalue weighted by atomic mass is 10.1. The molecule has 0 fully saturated rings. The van der Waals surface area contributed by atoms with Crippen LogP contribution < -0.4 is 5.73 Å². The first-order valence-corrected chi connectivity index (χ1v) is 22.8. The quantitative estimate of drug-likeness (QED) is 0.0527. The molecule has 0 aromatic rings. The molecule has 2 N–H and O–H groups in total. The van der Waals surface area contributed by atoms with Gasteiger partial charge in [0.05, 0.1) is 0 Å². The van der Waals surface area contributed by atoms with Crippen LogP contribution in [0.1, 0.15) is 226 Å². The van der Waals surface area contributed by atoms with Gasteiger partial charge in [0.25, 0.3) is 0 Å². The highest BCUT2D eigenvalue weighted by Crippen LogP contribution is 2.20. The van der Waals surface area contributed by atoms with E-state index in [2.05, 4.69) is 20.8 Å². The SMILES string of the molecule is CCCCCCCCCCCCCCO[Si](CCN)(OCCCCCCCCCCCC)OCCCCCCCCCCCC. The number of hydrogen-bond acceptors (Lipinski definition) is 4. The van der Waals surface area contributed by atoms with Crippen LogP contribution in [0.3, 0.4) is 0 Å². The molecule has 4 nitrogen and oxygen atoms in total. The van der Waals surface area contributed by atoms with Crippen LogP contribution in [0.25, 0.3) is 0 Å². The third kappa shape index (κ3) is 33.7. The van der Waals surface area contributed by atoms with E-state index in [1.165, 1.54) is 186 Å². The average molecular weight is 656 g/mol. The molecule has 0 aliphatic carbocycles. The largest absolute Gasteiger partial charge is 0.502 e. The van der Waals surface area contributed by atoms with Crippen molar-refractivity contribution in [2.75, 3.05) is 26.4 Å². The van der Waals surface area contributed by atoms with E-state index in [1.807, 2.05) is 0 Å². The summed E-state index contributed by atoms with van der Waals surface area (Å²) in [5.74, 6) is 0. The Labute approximate surface area is 285 Å². The van der Waals surface area contributed by atoms with E-state index in [1.54, 1.807) is 0 Å². The molecule has 0 amide bonds. The van der Waals surface area contributed by atoms with Crippen molar-refractivity contribution in [2.24, 2.45) is 5.73 Å². The van der Waals surface area contributed by atoms with E-state index < -0.39 is 8.80 Å². The number of rotatable bonds is 40. The monoisotopic (exact) mass is 656 g/mol. The first kappa shape index (κ1) is 45.1. The van der Waals surface area contributed by atoms with Gasteiger partial charge in [-0.2, -0.15) is 0 Å². The van der Waals surface area contributed by atoms with Gasteiger partial charge in [0, 0.05) is 25.9 Å². The van der Waals surface area contributed by atoms with Crippen LogP contribution in [-0.4, -0.2) is 35.2 Å². The second kappa shape index (κ2) is 38.5. The van der Waals surface area contributed by atoms with Gasteiger partial charge in [0.2, 0.25) is 0 Å². The lowest BCUT2D eigenvalue weighted by Crippen LogP contribution is -2.48. The summed E-state index contributed by atoms with van der Waals surface area (Å²) in [6, 6.07) is 0.751. The van der Waals surface area contributed by atoms with Gasteiger partial charge < -0.3 is 19.0 Å². The Kier molecular flexibility index (Phi) is 38.6. The predicted molar refractivity (Wildman–Crippen MR) is 202 cm³/mol. The van der Waals surface area contributed by atoms with Gasteiger partial charge in [0.15, 0.2) is 0 Å². The van der Waals surface area contributed by atoms with E-state index in [4.69, 9.17) is 19.0 Å². The minimum Gasteiger partial charge on any atom is -0.373 e. The summed E-state index contributed by atoms with van der Waals surface area (Å²) >= 11 is 0. The van der Waals surface area contributed by atoms with Crippen molar-refractivity contribution in [3.8, 4) is 0 Å². The molecule has 0 atom stereocenters. The standard InChI is InChI=1S/C40H85NO3Si/c1-4-7-10-13-16-19-22-23-26-29-32-35-39-44-45(40-36-41,42-37-33-30-27-24-20-17-14-11-8-5-2)43-38-34-31-28-25-21-18-15-12-9-6-3/h4-41H2,1-3H3. The fourth-order valence-corrected chi connectivity index (χ4v) is 8.73. The number of nitrogens with two attached hydrogens (primary N) is 1. The zero-order chi connectivity index (χ0) is 32.8. The van der Waals surface area contributed by atoms with E-state index in [0.29, 0.717) is 6.54 Å². The molecule has 0 aromatic heterocycles. The van der Waals surface area contributed by atoms with Gasteiger partial charge in [-0.05, 0) is 25.8 Å². The van der Waals surface area contributed by atoms with Crippen LogP contribution in [-0.2, 0) is 13.3 Å². The van der Waals surface area contributed by atoms with E-state index in [-0.39, 0.29) is 0 Å². The van der Waals surface area contributed by atoms with Crippen molar-refractivity contribution in [2.45, 2.75) is 232 Å². The first-order chi connectivity index (χ1) is 22.2. The van der Waals surface area contributed by atoms with Gasteiger partial charge in [-0.25, -0.2) is 0 Å². The highest BCUT2D eigenvalue weighted by Gasteiger charge is 2.40. The molecule has 45 heavy (non-hydrogen) atoms. The summed E-state index contributed by atoms with van der Waals surface area (Å²) in [5, 5.41) is 0. The number of hydrogen-bond donors (Lipinski definition) is 1. The van der Waals surface area contributed by atoms with Gasteiger partial charge in [0.1, 0.15) is 0 Å². The lowest BCUT2D eigenvalue weighted by Gasteiger charge is -2.29. The van der Waals surface area contributed by atoms with Crippen LogP contribution in [0, 0.1) is 0 Å². The summed E-state index contributed by atoms with van der Waals surface area (Å²) in [4.78, 5) is 0. The van der Waals surface area contributed by atoms with Crippen molar-refractivity contribution < 1.29 is 13.3 Å². The summed E-state index contributed by atoms with van der Waals surface area (Å²) in [6.45, 7) is 9.75. The van der Waals surface area contributed by atoms with Crippen LogP contribution in [0.2, 0.25) is 6.04 Å². The summed E-state index contributed by atoms with van der Waals surface area (Å²) in [5.41, 5.74) is 6.11. The molecule has 0 aliphatic rings. The van der Waals surface area contributed by atoms with Crippen LogP contribution in [0.4, 0.5) is 0 Å². The zero-order valence-electron chi connectivity index (χ0n) is 31.5. The molecule has 272 valence electrons. The minimum atomic E-state index is -2.71. The molecule has 0 saturated carbocycles. The molecule has 0 rings (SSSR count). The van der Waals surface area contributed by atoms with Crippen LogP contribution in [0.15, 0.2) is 0 Å². The Bertz CT molecular complexity index is 510. The van der Waals surface area contributed by atoms with Gasteiger partial charge in [-0.15, -0.1) is 0 Å². The summed E-state index contributed by atoms with van der Waals surface area (Å²) < 4.78 is 19.7. The highest BCUT2D eigenvalue weighted by atomic mass is 28.4. The molecule has 0 spiro atoms. The third-order valence-electron chi connectivity index (χ3n) is 9.41. The molecule has 0 bridgehead atoms. The predicted octanol–water partition coefficient (Wildman–Crippen LogP) is 13.5. The minimum absolute atomic E-state index is 0.584. The number of unbranched alkanes of at least 4 members (excludes halogenated alkanes) is 29. The van der Waals surface area contributed by atoms with Crippen molar-refractivity contribution >= 4 is 8.80 Å². The van der Waals surface area contributed by atoms with E-state index in [9.17, 15) is 0 Å². The Morgan fingerprint density at radius 3 is 0.711 bits per heavy atom. The van der Waals surface area contributed by atoms with Crippen molar-refractivity contribution in [3.05, 3.63) is 0 Å². The van der Waals surface area contributed by atoms with E-state index in [0.717, 1.165) is 45.1 Å². The third-order valence-corrected chi connectivity index (χ3v) is 12.2. The molecule has 0 aliphatic heterocycles. The maximum atomic E-state index is 6.56. The molecular weight excluding hydrogens is 571 g/mol. The van der Waals surface area contributed by atoms with Crippen molar-refractivity contribution in [1.29, 1.82) is 0 Å². The smallest absolute Gasteiger partial charge is 0.373 e. The topological polar surface area (TPSA) is 53.7 Å². The summed E-state index contributed by atoms with van der Waals surface area (Å²) in [6.07, 6.45) is 43.1. The maximum absolute atomic E-state index is 6.56. The Morgan fingerprint density at radius 1 is 0.311 bits per heavy atom. The fraction of sp³-hybridized carbons (Fsp3) is 1.00. The van der Waals surface area contributed by atoms with E-state index >= 15 is 0 Å². The van der Waals surface area contributed by atoms with Gasteiger partial charge >= 0.3 is 8.80 Å². The average Bonchev–Trinajstić information content (AvgIpc) is 3.04. The molecule has 0 saturated heterocycles. The summed E-state index contributed by atoms with van der Waals surface area (Å²) in [7, 11) is -2.71. The van der Waals surface area contributed by atoms with Crippen LogP contribution >= 0.6 is 0 Å². The molecular formula is C40H85NO3Si.